The molecule has 4 nitrogen and oxygen atoms in total. The van der Waals surface area contributed by atoms with Crippen molar-refractivity contribution in [1.29, 1.82) is 0 Å². The predicted molar refractivity (Wildman–Crippen MR) is 80.9 cm³/mol. The summed E-state index contributed by atoms with van der Waals surface area (Å²) in [6.07, 6.45) is -0.334. The first-order chi connectivity index (χ1) is 9.66. The van der Waals surface area contributed by atoms with Gasteiger partial charge >= 0.3 is 0 Å². The Hall–Kier alpha value is -0.940. The lowest BCUT2D eigenvalue weighted by atomic mass is 10.0. The van der Waals surface area contributed by atoms with Crippen LogP contribution < -0.4 is 5.32 Å². The Bertz CT molecular complexity index is 405. The van der Waals surface area contributed by atoms with Crippen LogP contribution in [0.4, 0.5) is 0 Å². The van der Waals surface area contributed by atoms with E-state index in [2.05, 4.69) is 48.3 Å². The van der Waals surface area contributed by atoms with Crippen LogP contribution >= 0.6 is 0 Å². The molecule has 0 amide bonds. The summed E-state index contributed by atoms with van der Waals surface area (Å²) in [5, 5.41) is 13.5. The molecule has 1 aromatic rings. The highest BCUT2D eigenvalue weighted by Gasteiger charge is 2.16. The van der Waals surface area contributed by atoms with Crippen LogP contribution in [-0.4, -0.2) is 55.5 Å². The van der Waals surface area contributed by atoms with Gasteiger partial charge in [0.2, 0.25) is 0 Å². The zero-order valence-corrected chi connectivity index (χ0v) is 12.5. The van der Waals surface area contributed by atoms with Crippen molar-refractivity contribution < 1.29 is 9.84 Å². The fourth-order valence-electron chi connectivity index (χ4n) is 2.64. The van der Waals surface area contributed by atoms with Gasteiger partial charge in [0.15, 0.2) is 0 Å². The lowest BCUT2D eigenvalue weighted by Crippen LogP contribution is -2.44. The molecule has 0 aromatic heterocycles. The molecule has 2 rings (SSSR count). The number of aliphatic hydroxyl groups excluding tert-OH is 1. The van der Waals surface area contributed by atoms with Gasteiger partial charge in [-0.25, -0.2) is 0 Å². The minimum absolute atomic E-state index is 0.260. The van der Waals surface area contributed by atoms with Gasteiger partial charge < -0.3 is 15.2 Å². The molecule has 2 unspecified atom stereocenters. The monoisotopic (exact) mass is 278 g/mol. The third kappa shape index (κ3) is 4.56. The third-order valence-electron chi connectivity index (χ3n) is 3.89. The molecule has 0 radical (unpaired) electrons. The summed E-state index contributed by atoms with van der Waals surface area (Å²) in [7, 11) is 0. The molecule has 0 spiro atoms. The SMILES string of the molecule is Cc1ccccc1C(C)NCC(O)CN1CCOCC1. The standard InChI is InChI=1S/C16H26N2O2/c1-13-5-3-4-6-16(13)14(2)17-11-15(19)12-18-7-9-20-10-8-18/h3-6,14-15,17,19H,7-12H2,1-2H3. The normalized spacial score (nSPS) is 19.8. The Balaban J connectivity index is 1.75. The molecule has 2 atom stereocenters. The van der Waals surface area contributed by atoms with Gasteiger partial charge in [-0.2, -0.15) is 0 Å². The zero-order valence-electron chi connectivity index (χ0n) is 12.5. The molecule has 1 aliphatic heterocycles. The summed E-state index contributed by atoms with van der Waals surface area (Å²) in [6, 6.07) is 8.64. The average molecular weight is 278 g/mol. The molecule has 1 aromatic carbocycles. The number of aliphatic hydroxyl groups is 1. The van der Waals surface area contributed by atoms with Gasteiger partial charge in [-0.05, 0) is 25.0 Å². The Labute approximate surface area is 121 Å². The molecule has 0 saturated carbocycles. The highest BCUT2D eigenvalue weighted by atomic mass is 16.5. The van der Waals surface area contributed by atoms with Gasteiger partial charge in [0.1, 0.15) is 0 Å². The van der Waals surface area contributed by atoms with Crippen LogP contribution in [0.3, 0.4) is 0 Å². The van der Waals surface area contributed by atoms with Crippen molar-refractivity contribution in [3.8, 4) is 0 Å². The van der Waals surface area contributed by atoms with Crippen molar-refractivity contribution in [2.24, 2.45) is 0 Å². The average Bonchev–Trinajstić information content (AvgIpc) is 2.46. The number of nitrogens with zero attached hydrogens (tertiary/aromatic N) is 1. The Morgan fingerprint density at radius 3 is 2.70 bits per heavy atom. The second kappa shape index (κ2) is 7.74. The lowest BCUT2D eigenvalue weighted by molar-refractivity contribution is 0.0145. The molecule has 1 aliphatic rings. The highest BCUT2D eigenvalue weighted by molar-refractivity contribution is 5.28. The number of nitrogens with one attached hydrogen (secondary N) is 1. The predicted octanol–water partition coefficient (Wildman–Crippen LogP) is 1.34. The summed E-state index contributed by atoms with van der Waals surface area (Å²) in [6.45, 7) is 9.00. The van der Waals surface area contributed by atoms with Crippen LogP contribution in [0.2, 0.25) is 0 Å². The molecular formula is C16H26N2O2. The van der Waals surface area contributed by atoms with E-state index in [4.69, 9.17) is 4.74 Å². The van der Waals surface area contributed by atoms with E-state index in [0.29, 0.717) is 6.54 Å². The van der Waals surface area contributed by atoms with Crippen molar-refractivity contribution in [3.05, 3.63) is 35.4 Å². The molecule has 1 heterocycles. The molecule has 0 aliphatic carbocycles. The van der Waals surface area contributed by atoms with Gasteiger partial charge in [-0.1, -0.05) is 24.3 Å². The van der Waals surface area contributed by atoms with Crippen LogP contribution in [0.5, 0.6) is 0 Å². The van der Waals surface area contributed by atoms with E-state index < -0.39 is 0 Å². The fraction of sp³-hybridized carbons (Fsp3) is 0.625. The number of β-amino-alcohol motifs (C(OH)–C–C–N with tert-alkyl or cyclic N) is 1. The maximum absolute atomic E-state index is 10.1. The third-order valence-corrected chi connectivity index (χ3v) is 3.89. The minimum atomic E-state index is -0.334. The van der Waals surface area contributed by atoms with Crippen LogP contribution in [0, 0.1) is 6.92 Å². The number of rotatable bonds is 6. The number of hydrogen-bond acceptors (Lipinski definition) is 4. The molecule has 4 heteroatoms. The van der Waals surface area contributed by atoms with Crippen molar-refractivity contribution in [2.75, 3.05) is 39.4 Å². The van der Waals surface area contributed by atoms with Gasteiger partial charge in [0.05, 0.1) is 19.3 Å². The first-order valence-electron chi connectivity index (χ1n) is 7.44. The second-order valence-corrected chi connectivity index (χ2v) is 5.55. The highest BCUT2D eigenvalue weighted by Crippen LogP contribution is 2.16. The summed E-state index contributed by atoms with van der Waals surface area (Å²) in [5.41, 5.74) is 2.58. The van der Waals surface area contributed by atoms with Crippen LogP contribution in [0.15, 0.2) is 24.3 Å². The zero-order chi connectivity index (χ0) is 14.4. The van der Waals surface area contributed by atoms with Crippen LogP contribution in [0.1, 0.15) is 24.1 Å². The van der Waals surface area contributed by atoms with Gasteiger partial charge in [-0.3, -0.25) is 4.90 Å². The maximum atomic E-state index is 10.1. The van der Waals surface area contributed by atoms with E-state index in [9.17, 15) is 5.11 Å². The van der Waals surface area contributed by atoms with Crippen molar-refractivity contribution in [1.82, 2.24) is 10.2 Å². The quantitative estimate of drug-likeness (QED) is 0.824. The smallest absolute Gasteiger partial charge is 0.0791 e. The number of morpholine rings is 1. The summed E-state index contributed by atoms with van der Waals surface area (Å²) in [5.74, 6) is 0. The largest absolute Gasteiger partial charge is 0.390 e. The van der Waals surface area contributed by atoms with Crippen LogP contribution in [-0.2, 0) is 4.74 Å². The van der Waals surface area contributed by atoms with Crippen molar-refractivity contribution >= 4 is 0 Å². The van der Waals surface area contributed by atoms with Gasteiger partial charge in [-0.15, -0.1) is 0 Å². The number of aryl methyl sites for hydroxylation is 1. The van der Waals surface area contributed by atoms with E-state index >= 15 is 0 Å². The van der Waals surface area contributed by atoms with Crippen molar-refractivity contribution in [3.63, 3.8) is 0 Å². The van der Waals surface area contributed by atoms with Crippen LogP contribution in [0.25, 0.3) is 0 Å². The Morgan fingerprint density at radius 1 is 1.30 bits per heavy atom. The number of ether oxygens (including phenoxy) is 1. The lowest BCUT2D eigenvalue weighted by Gasteiger charge is -2.29. The summed E-state index contributed by atoms with van der Waals surface area (Å²) < 4.78 is 5.31. The Kier molecular flexibility index (Phi) is 5.98. The molecule has 0 bridgehead atoms. The number of hydrogen-bond donors (Lipinski definition) is 2. The summed E-state index contributed by atoms with van der Waals surface area (Å²) in [4.78, 5) is 2.26. The Morgan fingerprint density at radius 2 is 2.00 bits per heavy atom. The van der Waals surface area contributed by atoms with Gasteiger partial charge in [0, 0.05) is 32.2 Å². The molecule has 1 fully saturated rings. The molecule has 2 N–H and O–H groups in total. The minimum Gasteiger partial charge on any atom is -0.390 e. The molecular weight excluding hydrogens is 252 g/mol. The number of benzene rings is 1. The topological polar surface area (TPSA) is 44.7 Å². The fourth-order valence-corrected chi connectivity index (χ4v) is 2.64. The molecule has 112 valence electrons. The first kappa shape index (κ1) is 15.4. The molecule has 20 heavy (non-hydrogen) atoms. The summed E-state index contributed by atoms with van der Waals surface area (Å²) >= 11 is 0. The van der Waals surface area contributed by atoms with Gasteiger partial charge in [0.25, 0.3) is 0 Å². The van der Waals surface area contributed by atoms with E-state index in [1.165, 1.54) is 11.1 Å². The van der Waals surface area contributed by atoms with E-state index in [-0.39, 0.29) is 12.1 Å². The van der Waals surface area contributed by atoms with E-state index in [0.717, 1.165) is 32.8 Å². The first-order valence-corrected chi connectivity index (χ1v) is 7.44. The van der Waals surface area contributed by atoms with Crippen molar-refractivity contribution in [2.45, 2.75) is 26.0 Å². The van der Waals surface area contributed by atoms with E-state index in [1.54, 1.807) is 0 Å². The molecule has 1 saturated heterocycles. The van der Waals surface area contributed by atoms with E-state index in [1.807, 2.05) is 0 Å². The maximum Gasteiger partial charge on any atom is 0.0791 e. The second-order valence-electron chi connectivity index (χ2n) is 5.55.